The molecule has 2 aromatic rings. The van der Waals surface area contributed by atoms with Crippen molar-refractivity contribution in [2.24, 2.45) is 0 Å². The van der Waals surface area contributed by atoms with E-state index in [9.17, 15) is 0 Å². The van der Waals surface area contributed by atoms with Gasteiger partial charge in [0.25, 0.3) is 0 Å². The zero-order valence-corrected chi connectivity index (χ0v) is 14.4. The Morgan fingerprint density at radius 2 is 1.00 bits per heavy atom. The second-order valence-corrected chi connectivity index (χ2v) is 22.1. The number of halogens is 1. The molecule has 0 amide bonds. The van der Waals surface area contributed by atoms with Gasteiger partial charge in [-0.05, 0) is 0 Å². The first kappa shape index (κ1) is 10.6. The molecule has 0 aliphatic heterocycles. The fourth-order valence-corrected chi connectivity index (χ4v) is 14.6. The summed E-state index contributed by atoms with van der Waals surface area (Å²) in [5.74, 6) is 0. The molecule has 0 radical (unpaired) electrons. The molecule has 0 aromatic heterocycles. The van der Waals surface area contributed by atoms with Crippen molar-refractivity contribution in [3.05, 3.63) is 60.7 Å². The molecule has 0 saturated heterocycles. The van der Waals surface area contributed by atoms with Crippen molar-refractivity contribution in [1.82, 2.24) is 0 Å². The molecule has 14 heavy (non-hydrogen) atoms. The van der Waals surface area contributed by atoms with E-state index in [1.807, 2.05) is 0 Å². The Kier molecular flexibility index (Phi) is 3.98. The number of hydrogen-bond donors (Lipinski definition) is 0. The van der Waals surface area contributed by atoms with E-state index >= 15 is 0 Å². The molecule has 0 heterocycles. The Bertz CT molecular complexity index is 346. The summed E-state index contributed by atoms with van der Waals surface area (Å²) in [6.45, 7) is 0. The van der Waals surface area contributed by atoms with Crippen LogP contribution in [0.5, 0.6) is 0 Å². The Hall–Kier alpha value is 0.0921. The van der Waals surface area contributed by atoms with Crippen molar-refractivity contribution >= 4 is 42.4 Å². The summed E-state index contributed by atoms with van der Waals surface area (Å²) in [7, 11) is 0. The molecule has 0 bridgehead atoms. The van der Waals surface area contributed by atoms with Crippen LogP contribution in [0, 0.1) is 0 Å². The van der Waals surface area contributed by atoms with Crippen LogP contribution in [0.15, 0.2) is 60.7 Å². The summed E-state index contributed by atoms with van der Waals surface area (Å²) in [4.78, 5) is 0. The van der Waals surface area contributed by atoms with Gasteiger partial charge in [0.05, 0.1) is 0 Å². The van der Waals surface area contributed by atoms with Crippen LogP contribution in [0.4, 0.5) is 0 Å². The van der Waals surface area contributed by atoms with Crippen molar-refractivity contribution in [2.45, 2.75) is 0 Å². The molecule has 2 heteroatoms. The van der Waals surface area contributed by atoms with Crippen molar-refractivity contribution in [3.8, 4) is 0 Å². The summed E-state index contributed by atoms with van der Waals surface area (Å²) in [5, 5.41) is 0. The van der Waals surface area contributed by atoms with Crippen LogP contribution in [0.2, 0.25) is 0 Å². The Balaban J connectivity index is 2.30. The Morgan fingerprint density at radius 1 is 0.643 bits per heavy atom. The normalized spacial score (nSPS) is 9.79. The maximum absolute atomic E-state index is 2.70. The molecule has 0 unspecified atom stereocenters. The summed E-state index contributed by atoms with van der Waals surface area (Å²) in [5.41, 5.74) is 0. The SMILES string of the molecule is [I][Tl]([c]1ccccc1)[c]1ccccc1. The molecule has 0 atom stereocenters. The van der Waals surface area contributed by atoms with Crippen molar-refractivity contribution in [2.75, 3.05) is 0 Å². The van der Waals surface area contributed by atoms with Gasteiger partial charge in [-0.2, -0.15) is 0 Å². The molecule has 68 valence electrons. The predicted octanol–water partition coefficient (Wildman–Crippen LogP) is 2.23. The third kappa shape index (κ3) is 2.56. The molecule has 2 aromatic carbocycles. The third-order valence-corrected chi connectivity index (χ3v) is 22.3. The first-order valence-electron chi connectivity index (χ1n) is 4.62. The summed E-state index contributed by atoms with van der Waals surface area (Å²) >= 11 is 0.905. The molecular formula is C12H10ITl. The van der Waals surface area contributed by atoms with Crippen LogP contribution in [0.3, 0.4) is 0 Å². The van der Waals surface area contributed by atoms with Crippen molar-refractivity contribution in [3.63, 3.8) is 0 Å². The predicted molar refractivity (Wildman–Crippen MR) is 71.9 cm³/mol. The molecule has 0 aliphatic rings. The second kappa shape index (κ2) is 5.25. The van der Waals surface area contributed by atoms with Gasteiger partial charge in [-0.3, -0.25) is 0 Å². The zero-order valence-electron chi connectivity index (χ0n) is 7.73. The van der Waals surface area contributed by atoms with Gasteiger partial charge in [-0.25, -0.2) is 0 Å². The van der Waals surface area contributed by atoms with E-state index in [4.69, 9.17) is 0 Å². The van der Waals surface area contributed by atoms with Gasteiger partial charge < -0.3 is 0 Å². The molecule has 0 spiro atoms. The first-order valence-corrected chi connectivity index (χ1v) is 21.7. The van der Waals surface area contributed by atoms with Crippen LogP contribution >= 0.6 is 17.8 Å². The number of benzene rings is 2. The van der Waals surface area contributed by atoms with E-state index in [1.54, 1.807) is 6.25 Å². The number of rotatable bonds is 2. The summed E-state index contributed by atoms with van der Waals surface area (Å²) in [6.07, 6.45) is 0. The van der Waals surface area contributed by atoms with E-state index in [-0.39, 0.29) is 0 Å². The molecule has 0 fully saturated rings. The standard InChI is InChI=1S/2C6H5.HI.Tl/c2*1-2-4-6-5-3-1;;/h2*1-5H;1H;/q;;;+1/p-1. The topological polar surface area (TPSA) is 0 Å². The molecule has 0 N–H and O–H groups in total. The van der Waals surface area contributed by atoms with Crippen LogP contribution in [-0.4, -0.2) is 18.4 Å². The maximum atomic E-state index is 2.70. The fourth-order valence-electron chi connectivity index (χ4n) is 1.44. The Labute approximate surface area is 102 Å². The molecule has 0 aliphatic carbocycles. The quantitative estimate of drug-likeness (QED) is 0.452. The van der Waals surface area contributed by atoms with Gasteiger partial charge in [-0.1, -0.05) is 0 Å². The zero-order chi connectivity index (χ0) is 9.80. The van der Waals surface area contributed by atoms with Gasteiger partial charge in [0, 0.05) is 0 Å². The monoisotopic (exact) mass is 486 g/mol. The van der Waals surface area contributed by atoms with Crippen molar-refractivity contribution < 1.29 is 0 Å². The molecular weight excluding hydrogens is 475 g/mol. The average molecular weight is 485 g/mol. The summed E-state index contributed by atoms with van der Waals surface area (Å²) < 4.78 is 3.17. The molecule has 0 saturated carbocycles. The van der Waals surface area contributed by atoms with Crippen LogP contribution in [-0.2, 0) is 0 Å². The van der Waals surface area contributed by atoms with E-state index in [1.165, 1.54) is 0 Å². The van der Waals surface area contributed by atoms with Gasteiger partial charge in [-0.15, -0.1) is 0 Å². The van der Waals surface area contributed by atoms with E-state index in [0.717, 1.165) is 0 Å². The van der Waals surface area contributed by atoms with Gasteiger partial charge in [0.1, 0.15) is 0 Å². The fraction of sp³-hybridized carbons (Fsp3) is 0. The number of hydrogen-bond acceptors (Lipinski definition) is 0. The van der Waals surface area contributed by atoms with Gasteiger partial charge in [0.15, 0.2) is 0 Å². The average Bonchev–Trinajstić information content (AvgIpc) is 2.30. The minimum absolute atomic E-state index is 1.58. The van der Waals surface area contributed by atoms with Crippen LogP contribution < -0.4 is 6.25 Å². The first-order chi connectivity index (χ1) is 6.88. The van der Waals surface area contributed by atoms with E-state index in [2.05, 4.69) is 78.4 Å². The van der Waals surface area contributed by atoms with Gasteiger partial charge >= 0.3 is 103 Å². The molecule has 0 nitrogen and oxygen atoms in total. The summed E-state index contributed by atoms with van der Waals surface area (Å²) in [6, 6.07) is 21.8. The Morgan fingerprint density at radius 3 is 1.36 bits per heavy atom. The van der Waals surface area contributed by atoms with Gasteiger partial charge in [0.2, 0.25) is 0 Å². The van der Waals surface area contributed by atoms with Crippen LogP contribution in [0.25, 0.3) is 0 Å². The minimum atomic E-state index is -1.79. The molecule has 2 rings (SSSR count). The van der Waals surface area contributed by atoms with Crippen LogP contribution in [0.1, 0.15) is 0 Å². The second-order valence-electron chi connectivity index (χ2n) is 3.18. The third-order valence-electron chi connectivity index (χ3n) is 2.18. The van der Waals surface area contributed by atoms with E-state index in [0.29, 0.717) is 0 Å². The van der Waals surface area contributed by atoms with E-state index < -0.39 is 18.4 Å². The van der Waals surface area contributed by atoms with Crippen molar-refractivity contribution in [1.29, 1.82) is 0 Å².